The SMILES string of the molecule is Cc1ccc(S(=O)(=O)N(CC(=O)N(Cc2ccccc2F)[C@@H](C)C(=O)NC(C)C)c2ccccc2C)cc1. The molecule has 0 aromatic heterocycles. The molecule has 0 spiro atoms. The number of amides is 2. The molecule has 0 aliphatic rings. The summed E-state index contributed by atoms with van der Waals surface area (Å²) in [7, 11) is -4.16. The predicted octanol–water partition coefficient (Wildman–Crippen LogP) is 4.58. The van der Waals surface area contributed by atoms with Gasteiger partial charge in [-0.25, -0.2) is 12.8 Å². The molecular weight excluding hydrogens is 505 g/mol. The highest BCUT2D eigenvalue weighted by Crippen LogP contribution is 2.27. The largest absolute Gasteiger partial charge is 0.352 e. The fourth-order valence-electron chi connectivity index (χ4n) is 3.99. The van der Waals surface area contributed by atoms with Crippen molar-refractivity contribution < 1.29 is 22.4 Å². The third-order valence-corrected chi connectivity index (χ3v) is 7.94. The smallest absolute Gasteiger partial charge is 0.264 e. The van der Waals surface area contributed by atoms with Gasteiger partial charge in [-0.15, -0.1) is 0 Å². The first-order valence-electron chi connectivity index (χ1n) is 12.4. The van der Waals surface area contributed by atoms with Crippen molar-refractivity contribution in [2.45, 2.75) is 58.1 Å². The van der Waals surface area contributed by atoms with Gasteiger partial charge in [0.2, 0.25) is 11.8 Å². The van der Waals surface area contributed by atoms with Gasteiger partial charge in [0.15, 0.2) is 0 Å². The Morgan fingerprint density at radius 1 is 0.895 bits per heavy atom. The van der Waals surface area contributed by atoms with Crippen molar-refractivity contribution in [1.82, 2.24) is 10.2 Å². The highest BCUT2D eigenvalue weighted by molar-refractivity contribution is 7.92. The van der Waals surface area contributed by atoms with Crippen molar-refractivity contribution >= 4 is 27.5 Å². The molecule has 0 heterocycles. The third kappa shape index (κ3) is 6.77. The predicted molar refractivity (Wildman–Crippen MR) is 147 cm³/mol. The van der Waals surface area contributed by atoms with E-state index < -0.39 is 40.2 Å². The number of hydrogen-bond donors (Lipinski definition) is 1. The number of anilines is 1. The number of carbonyl (C=O) groups excluding carboxylic acids is 2. The number of para-hydroxylation sites is 1. The van der Waals surface area contributed by atoms with E-state index in [2.05, 4.69) is 5.32 Å². The molecule has 1 atom stereocenters. The zero-order chi connectivity index (χ0) is 28.0. The van der Waals surface area contributed by atoms with Crippen LogP contribution in [0.2, 0.25) is 0 Å². The Morgan fingerprint density at radius 2 is 1.50 bits per heavy atom. The molecule has 2 amide bonds. The van der Waals surface area contributed by atoms with Crippen LogP contribution in [-0.2, 0) is 26.2 Å². The van der Waals surface area contributed by atoms with Gasteiger partial charge in [0, 0.05) is 18.2 Å². The van der Waals surface area contributed by atoms with Gasteiger partial charge in [-0.1, -0.05) is 54.1 Å². The van der Waals surface area contributed by atoms with Crippen LogP contribution < -0.4 is 9.62 Å². The Labute approximate surface area is 224 Å². The fourth-order valence-corrected chi connectivity index (χ4v) is 5.47. The van der Waals surface area contributed by atoms with Gasteiger partial charge >= 0.3 is 0 Å². The first-order chi connectivity index (χ1) is 17.9. The van der Waals surface area contributed by atoms with E-state index in [0.29, 0.717) is 11.3 Å². The van der Waals surface area contributed by atoms with Crippen molar-refractivity contribution in [1.29, 1.82) is 0 Å². The van der Waals surface area contributed by atoms with E-state index in [-0.39, 0.29) is 23.0 Å². The van der Waals surface area contributed by atoms with E-state index in [4.69, 9.17) is 0 Å². The third-order valence-electron chi connectivity index (χ3n) is 6.17. The molecule has 3 aromatic carbocycles. The quantitative estimate of drug-likeness (QED) is 0.409. The van der Waals surface area contributed by atoms with Crippen LogP contribution >= 0.6 is 0 Å². The highest BCUT2D eigenvalue weighted by Gasteiger charge is 2.33. The molecule has 3 aromatic rings. The Kier molecular flexibility index (Phi) is 9.27. The van der Waals surface area contributed by atoms with Crippen molar-refractivity contribution in [3.63, 3.8) is 0 Å². The summed E-state index contributed by atoms with van der Waals surface area (Å²) in [6, 6.07) is 18.1. The number of sulfonamides is 1. The normalized spacial score (nSPS) is 12.2. The van der Waals surface area contributed by atoms with Crippen LogP contribution in [0.5, 0.6) is 0 Å². The maximum Gasteiger partial charge on any atom is 0.264 e. The molecule has 9 heteroatoms. The van der Waals surface area contributed by atoms with Gasteiger partial charge in [-0.3, -0.25) is 13.9 Å². The molecule has 0 unspecified atom stereocenters. The fraction of sp³-hybridized carbons (Fsp3) is 0.310. The zero-order valence-electron chi connectivity index (χ0n) is 22.3. The summed E-state index contributed by atoms with van der Waals surface area (Å²) in [6.07, 6.45) is 0. The van der Waals surface area contributed by atoms with Crippen molar-refractivity contribution in [3.8, 4) is 0 Å². The molecule has 0 aliphatic carbocycles. The summed E-state index contributed by atoms with van der Waals surface area (Å²) in [6.45, 7) is 7.96. The van der Waals surface area contributed by atoms with Crippen LogP contribution in [0.15, 0.2) is 77.7 Å². The lowest BCUT2D eigenvalue weighted by Crippen LogP contribution is -2.52. The zero-order valence-corrected chi connectivity index (χ0v) is 23.1. The molecule has 0 radical (unpaired) electrons. The highest BCUT2D eigenvalue weighted by atomic mass is 32.2. The molecule has 0 saturated carbocycles. The molecular formula is C29H34FN3O4S. The van der Waals surface area contributed by atoms with Crippen LogP contribution in [0.25, 0.3) is 0 Å². The summed E-state index contributed by atoms with van der Waals surface area (Å²) in [5.41, 5.74) is 2.10. The van der Waals surface area contributed by atoms with Crippen LogP contribution in [0.1, 0.15) is 37.5 Å². The van der Waals surface area contributed by atoms with Crippen molar-refractivity contribution in [3.05, 3.63) is 95.3 Å². The van der Waals surface area contributed by atoms with Crippen molar-refractivity contribution in [2.75, 3.05) is 10.8 Å². The lowest BCUT2D eigenvalue weighted by atomic mass is 10.1. The van der Waals surface area contributed by atoms with Gasteiger partial charge in [0.25, 0.3) is 10.0 Å². The molecule has 202 valence electrons. The van der Waals surface area contributed by atoms with E-state index in [0.717, 1.165) is 9.87 Å². The summed E-state index contributed by atoms with van der Waals surface area (Å²) in [5.74, 6) is -1.59. The second-order valence-electron chi connectivity index (χ2n) is 9.56. The second kappa shape index (κ2) is 12.2. The summed E-state index contributed by atoms with van der Waals surface area (Å²) in [5, 5.41) is 2.78. The summed E-state index contributed by atoms with van der Waals surface area (Å²) in [4.78, 5) is 28.0. The summed E-state index contributed by atoms with van der Waals surface area (Å²) < 4.78 is 43.3. The van der Waals surface area contributed by atoms with Gasteiger partial charge in [-0.2, -0.15) is 0 Å². The molecule has 0 bridgehead atoms. The minimum absolute atomic E-state index is 0.0328. The Bertz CT molecular complexity index is 1390. The number of hydrogen-bond acceptors (Lipinski definition) is 4. The second-order valence-corrected chi connectivity index (χ2v) is 11.4. The van der Waals surface area contributed by atoms with E-state index >= 15 is 0 Å². The Morgan fingerprint density at radius 3 is 2.11 bits per heavy atom. The van der Waals surface area contributed by atoms with Gasteiger partial charge < -0.3 is 10.2 Å². The minimum Gasteiger partial charge on any atom is -0.352 e. The minimum atomic E-state index is -4.16. The maximum atomic E-state index is 14.6. The molecule has 0 fully saturated rings. The maximum absolute atomic E-state index is 14.6. The standard InChI is InChI=1S/C29H34FN3O4S/c1-20(2)31-29(35)23(5)32(18-24-11-7-8-12-26(24)30)28(34)19-33(27-13-9-6-10-22(27)4)38(36,37)25-16-14-21(3)15-17-25/h6-17,20,23H,18-19H2,1-5H3,(H,31,35)/t23-/m0/s1. The number of benzene rings is 3. The van der Waals surface area contributed by atoms with Crippen LogP contribution in [0.4, 0.5) is 10.1 Å². The van der Waals surface area contributed by atoms with Crippen LogP contribution in [0.3, 0.4) is 0 Å². The molecule has 1 N–H and O–H groups in total. The topological polar surface area (TPSA) is 86.8 Å². The number of nitrogens with zero attached hydrogens (tertiary/aromatic N) is 2. The average Bonchev–Trinajstić information content (AvgIpc) is 2.86. The molecule has 0 aliphatic heterocycles. The van der Waals surface area contributed by atoms with Crippen LogP contribution in [0, 0.1) is 19.7 Å². The van der Waals surface area contributed by atoms with E-state index in [9.17, 15) is 22.4 Å². The van der Waals surface area contributed by atoms with Gasteiger partial charge in [0.1, 0.15) is 18.4 Å². The summed E-state index contributed by atoms with van der Waals surface area (Å²) >= 11 is 0. The number of halogens is 1. The van der Waals surface area contributed by atoms with Crippen LogP contribution in [-0.4, -0.2) is 43.8 Å². The average molecular weight is 540 g/mol. The van der Waals surface area contributed by atoms with Gasteiger partial charge in [-0.05, 0) is 64.4 Å². The number of nitrogens with one attached hydrogen (secondary N) is 1. The van der Waals surface area contributed by atoms with Crippen molar-refractivity contribution in [2.24, 2.45) is 0 Å². The number of aryl methyl sites for hydroxylation is 2. The van der Waals surface area contributed by atoms with E-state index in [1.807, 2.05) is 6.92 Å². The number of carbonyl (C=O) groups is 2. The monoisotopic (exact) mass is 539 g/mol. The molecule has 0 saturated heterocycles. The molecule has 7 nitrogen and oxygen atoms in total. The first-order valence-corrected chi connectivity index (χ1v) is 13.8. The Hall–Kier alpha value is -3.72. The lowest BCUT2D eigenvalue weighted by Gasteiger charge is -2.32. The Balaban J connectivity index is 2.06. The lowest BCUT2D eigenvalue weighted by molar-refractivity contribution is -0.139. The number of rotatable bonds is 10. The molecule has 38 heavy (non-hydrogen) atoms. The van der Waals surface area contributed by atoms with E-state index in [1.165, 1.54) is 35.2 Å². The molecule has 3 rings (SSSR count). The van der Waals surface area contributed by atoms with E-state index in [1.54, 1.807) is 70.2 Å². The van der Waals surface area contributed by atoms with Gasteiger partial charge in [0.05, 0.1) is 10.6 Å². The first kappa shape index (κ1) is 28.8.